The number of anilines is 5. The lowest BCUT2D eigenvalue weighted by atomic mass is 9.99. The van der Waals surface area contributed by atoms with E-state index in [0.29, 0.717) is 88.3 Å². The number of nitrogens with two attached hydrogens (primary N) is 3. The molecule has 0 aliphatic carbocycles. The Kier molecular flexibility index (Phi) is 29.3. The molecule has 0 aliphatic heterocycles. The number of fused-ring (bicyclic) bond motifs is 5. The summed E-state index contributed by atoms with van der Waals surface area (Å²) in [7, 11) is 0. The van der Waals surface area contributed by atoms with Crippen LogP contribution in [-0.4, -0.2) is 72.6 Å². The van der Waals surface area contributed by atoms with Crippen LogP contribution < -0.4 is 43.8 Å². The van der Waals surface area contributed by atoms with E-state index in [1.54, 1.807) is 89.7 Å². The van der Waals surface area contributed by atoms with Crippen LogP contribution in [0.1, 0.15) is 146 Å². The second-order valence-corrected chi connectivity index (χ2v) is 34.5. The van der Waals surface area contributed by atoms with Gasteiger partial charge >= 0.3 is 0 Å². The average Bonchev–Trinajstić information content (AvgIpc) is 1.65. The summed E-state index contributed by atoms with van der Waals surface area (Å²) in [5.74, 6) is 5.31. The first-order valence-electron chi connectivity index (χ1n) is 36.1. The smallest absolute Gasteiger partial charge is 0.131 e. The summed E-state index contributed by atoms with van der Waals surface area (Å²) in [6, 6.07) is 28.2. The van der Waals surface area contributed by atoms with E-state index in [1.807, 2.05) is 113 Å². The first kappa shape index (κ1) is 85.1. The van der Waals surface area contributed by atoms with Gasteiger partial charge in [-0.2, -0.15) is 0 Å². The molecule has 0 spiro atoms. The van der Waals surface area contributed by atoms with Gasteiger partial charge in [-0.15, -0.1) is 56.7 Å². The third-order valence-corrected chi connectivity index (χ3v) is 27.5. The van der Waals surface area contributed by atoms with E-state index in [-0.39, 0.29) is 31.1 Å². The van der Waals surface area contributed by atoms with Gasteiger partial charge in [0.1, 0.15) is 60.2 Å². The zero-order valence-corrected chi connectivity index (χ0v) is 71.4. The van der Waals surface area contributed by atoms with E-state index in [2.05, 4.69) is 93.0 Å². The maximum atomic E-state index is 10.4. The van der Waals surface area contributed by atoms with Gasteiger partial charge in [-0.1, -0.05) is 85.7 Å². The highest BCUT2D eigenvalue weighted by atomic mass is 35.5. The standard InChI is InChI=1S/C17H20ClN3OS.2C16H18ClN3OS.C16H17ClN2O3S.C16H17ClN2O2S/c1-9(11(3)19)16-10(2)15-17(23-16)13(7-14(18)21-15)20-8-12-5-4-6-22-12;2*1-9(7-18)15-10(2)14-16(22-15)12(6-13(17)20-14)19-8-11-4-3-5-21-11;1-9-13-14(23-15(9)16(2,21)8-20)11(6-12(17)19-13)18-7-10-4-3-5-22-10;1-9(8-20)15-10(2)14-16(22-15)12(6-13(17)19-14)18-7-11-4-3-5-21-11/h4-7,9,11H,8,19H2,1-3H3,(H,20,21);2*3-6,9H,7-8,18H2,1-2H3,(H,19,20);3-6,20-21H,7-8H2,1-2H3,(H,18,19);3-6,9,20H,7-8H2,1-2H3,(H,18,19)/t9?,11-;;;;/m0..../s1. The normalized spacial score (nSPS) is 13.3. The van der Waals surface area contributed by atoms with Crippen molar-refractivity contribution >= 4 is 194 Å². The van der Waals surface area contributed by atoms with Crippen molar-refractivity contribution in [3.8, 4) is 0 Å². The Hall–Kier alpha value is -7.84. The Morgan fingerprint density at radius 1 is 0.402 bits per heavy atom. The zero-order chi connectivity index (χ0) is 80.2. The molecule has 0 amide bonds. The highest BCUT2D eigenvalue weighted by Crippen LogP contribution is 2.46. The van der Waals surface area contributed by atoms with E-state index in [1.165, 1.54) is 42.7 Å². The average molecular weight is 1710 g/mol. The number of aliphatic hydroxyl groups excluding tert-OH is 2. The third-order valence-electron chi connectivity index (χ3n) is 18.8. The Labute approximate surface area is 694 Å². The van der Waals surface area contributed by atoms with Crippen LogP contribution in [0.4, 0.5) is 28.4 Å². The van der Waals surface area contributed by atoms with Gasteiger partial charge in [0.25, 0.3) is 0 Å². The van der Waals surface area contributed by atoms with Crippen LogP contribution >= 0.6 is 115 Å². The number of hydrogen-bond donors (Lipinski definition) is 11. The van der Waals surface area contributed by atoms with Gasteiger partial charge in [-0.05, 0) is 150 Å². The number of nitrogens with one attached hydrogen (secondary N) is 5. The molecular weight excluding hydrogens is 1620 g/mol. The van der Waals surface area contributed by atoms with Crippen LogP contribution in [0, 0.1) is 34.6 Å². The summed E-state index contributed by atoms with van der Waals surface area (Å²) in [5, 5.41) is 48.4. The predicted molar refractivity (Wildman–Crippen MR) is 466 cm³/mol. The van der Waals surface area contributed by atoms with Gasteiger partial charge in [-0.25, -0.2) is 24.9 Å². The summed E-state index contributed by atoms with van der Waals surface area (Å²) in [5.41, 5.74) is 31.0. The number of halogens is 5. The van der Waals surface area contributed by atoms with Gasteiger partial charge in [-0.3, -0.25) is 0 Å². The number of aromatic nitrogens is 5. The first-order valence-corrected chi connectivity index (χ1v) is 42.1. The molecule has 592 valence electrons. The van der Waals surface area contributed by atoms with Gasteiger partial charge in [0, 0.05) is 84.4 Å². The molecule has 15 rings (SSSR count). The van der Waals surface area contributed by atoms with Crippen LogP contribution in [0.2, 0.25) is 25.8 Å². The first-order chi connectivity index (χ1) is 53.7. The molecule has 0 bridgehead atoms. The molecule has 21 nitrogen and oxygen atoms in total. The fourth-order valence-corrected chi connectivity index (χ4v) is 19.9. The largest absolute Gasteiger partial charge is 0.467 e. The van der Waals surface area contributed by atoms with Crippen LogP contribution in [0.3, 0.4) is 0 Å². The van der Waals surface area contributed by atoms with E-state index in [0.717, 1.165) is 124 Å². The summed E-state index contributed by atoms with van der Waals surface area (Å²) in [4.78, 5) is 28.0. The molecule has 0 saturated heterocycles. The number of nitrogens with zero attached hydrogens (tertiary/aromatic N) is 5. The van der Waals surface area contributed by atoms with Crippen molar-refractivity contribution in [3.63, 3.8) is 0 Å². The summed E-state index contributed by atoms with van der Waals surface area (Å²) < 4.78 is 32.0. The molecule has 0 radical (unpaired) electrons. The van der Waals surface area contributed by atoms with E-state index in [4.69, 9.17) is 97.3 Å². The fraction of sp³-hybridized carbons (Fsp3) is 0.321. The van der Waals surface area contributed by atoms with Gasteiger partial charge < -0.3 is 81.2 Å². The van der Waals surface area contributed by atoms with Crippen molar-refractivity contribution in [1.82, 2.24) is 24.9 Å². The predicted octanol–water partition coefficient (Wildman–Crippen LogP) is 22.2. The maximum Gasteiger partial charge on any atom is 0.131 e. The lowest BCUT2D eigenvalue weighted by molar-refractivity contribution is 0.000407. The number of rotatable bonds is 25. The van der Waals surface area contributed by atoms with Crippen molar-refractivity contribution in [1.29, 1.82) is 0 Å². The van der Waals surface area contributed by atoms with Crippen LogP contribution in [0.15, 0.2) is 144 Å². The number of hydrogen-bond acceptors (Lipinski definition) is 26. The second-order valence-electron chi connectivity index (χ2n) is 27.4. The highest BCUT2D eigenvalue weighted by Gasteiger charge is 2.30. The maximum absolute atomic E-state index is 10.4. The fourth-order valence-electron chi connectivity index (χ4n) is 12.4. The van der Waals surface area contributed by atoms with Gasteiger partial charge in [0.15, 0.2) is 0 Å². The second kappa shape index (κ2) is 38.5. The van der Waals surface area contributed by atoms with Crippen molar-refractivity contribution in [2.24, 2.45) is 17.2 Å². The summed E-state index contributed by atoms with van der Waals surface area (Å²) >= 11 is 39.1. The quantitative estimate of drug-likeness (QED) is 0.0237. The lowest BCUT2D eigenvalue weighted by Crippen LogP contribution is -2.25. The SMILES string of the molecule is Cc1c(C(C)(O)CO)sc2c(NCc3ccco3)cc(Cl)nc12.Cc1c(C(C)CN)sc2c(NCc3ccco3)cc(Cl)nc12.Cc1c(C(C)CN)sc2c(NCc3ccco3)cc(Cl)nc12.Cc1c(C(C)CO)sc2c(NCc3ccco3)cc(Cl)nc12.Cc1c(C(C)[C@H](C)N)sc2c(NCc3ccco3)cc(Cl)nc12. The van der Waals surface area contributed by atoms with Crippen molar-refractivity contribution in [2.75, 3.05) is 52.9 Å². The molecule has 0 fully saturated rings. The van der Waals surface area contributed by atoms with E-state index < -0.39 is 5.60 Å². The van der Waals surface area contributed by atoms with Crippen LogP contribution in [0.25, 0.3) is 51.1 Å². The van der Waals surface area contributed by atoms with Crippen LogP contribution in [0.5, 0.6) is 0 Å². The van der Waals surface area contributed by atoms with Crippen molar-refractivity contribution < 1.29 is 37.4 Å². The van der Waals surface area contributed by atoms with E-state index in [9.17, 15) is 15.3 Å². The Balaban J connectivity index is 0.000000138. The molecule has 0 aliphatic rings. The van der Waals surface area contributed by atoms with Gasteiger partial charge in [0.05, 0.1) is 157 Å². The minimum Gasteiger partial charge on any atom is -0.467 e. The topological polar surface area (TPSA) is 329 Å². The minimum absolute atomic E-state index is 0.0934. The molecule has 5 unspecified atom stereocenters. The third kappa shape index (κ3) is 20.3. The molecule has 31 heteroatoms. The van der Waals surface area contributed by atoms with Crippen molar-refractivity contribution in [2.45, 2.75) is 144 Å². The Morgan fingerprint density at radius 2 is 0.652 bits per heavy atom. The lowest BCUT2D eigenvalue weighted by Gasteiger charge is -2.19. The molecule has 15 heterocycles. The monoisotopic (exact) mass is 1710 g/mol. The minimum atomic E-state index is -1.31. The molecule has 0 aromatic carbocycles. The molecule has 15 aromatic rings. The van der Waals surface area contributed by atoms with Crippen molar-refractivity contribution in [3.05, 3.63) is 229 Å². The highest BCUT2D eigenvalue weighted by molar-refractivity contribution is 7.21. The molecule has 6 atom stereocenters. The number of pyridine rings is 5. The number of furan rings is 5. The molecule has 15 aromatic heterocycles. The molecular formula is C81H90Cl5N13O8S5. The zero-order valence-electron chi connectivity index (χ0n) is 63.6. The molecule has 112 heavy (non-hydrogen) atoms. The number of aliphatic hydroxyl groups is 3. The van der Waals surface area contributed by atoms with Gasteiger partial charge in [0.2, 0.25) is 0 Å². The summed E-state index contributed by atoms with van der Waals surface area (Å²) in [6.07, 6.45) is 8.29. The Bertz CT molecular complexity index is 5250. The molecule has 14 N–H and O–H groups in total. The summed E-state index contributed by atoms with van der Waals surface area (Å²) in [6.45, 7) is 26.2. The van der Waals surface area contributed by atoms with Crippen LogP contribution in [-0.2, 0) is 38.3 Å². The number of thiophene rings is 5. The van der Waals surface area contributed by atoms with E-state index >= 15 is 0 Å². The Morgan fingerprint density at radius 3 is 0.893 bits per heavy atom. The molecule has 0 saturated carbocycles. The number of aryl methyl sites for hydroxylation is 5.